The lowest BCUT2D eigenvalue weighted by molar-refractivity contribution is 1.04. The lowest BCUT2D eigenvalue weighted by atomic mass is 10.2. The molecule has 2 unspecified atom stereocenters. The fourth-order valence-electron chi connectivity index (χ4n) is 1.82. The van der Waals surface area contributed by atoms with Gasteiger partial charge >= 0.3 is 0 Å². The minimum absolute atomic E-state index is 0. The van der Waals surface area contributed by atoms with Crippen LogP contribution < -0.4 is 10.7 Å². The molecule has 3 rings (SSSR count). The summed E-state index contributed by atoms with van der Waals surface area (Å²) in [5.41, 5.74) is 0. The molecule has 2 atom stereocenters. The van der Waals surface area contributed by atoms with Gasteiger partial charge in [-0.25, -0.2) is 4.98 Å². The molecular weight excluding hydrogens is 160 g/mol. The van der Waals surface area contributed by atoms with Gasteiger partial charge < -0.3 is 4.98 Å². The van der Waals surface area contributed by atoms with Crippen molar-refractivity contribution in [1.29, 1.82) is 0 Å². The zero-order chi connectivity index (χ0) is 9.42. The molecule has 1 aromatic rings. The van der Waals surface area contributed by atoms with Crippen molar-refractivity contribution < 1.29 is 1.43 Å². The standard InChI is InChI=1S/C9H10N2.C2H6.H2/c1-5-10-8-3-6-2-7(6)4-9(8)11-5;1-2;/h3-4,6-7H,2H2,1H3,(H,10,11);1-2H3;1H. The van der Waals surface area contributed by atoms with Crippen molar-refractivity contribution in [1.82, 2.24) is 9.97 Å². The van der Waals surface area contributed by atoms with E-state index in [1.54, 1.807) is 0 Å². The molecule has 0 radical (unpaired) electrons. The van der Waals surface area contributed by atoms with Gasteiger partial charge in [0.05, 0.1) is 10.7 Å². The molecule has 1 heterocycles. The summed E-state index contributed by atoms with van der Waals surface area (Å²) < 4.78 is 0. The Labute approximate surface area is 79.9 Å². The third kappa shape index (κ3) is 1.41. The molecule has 1 aromatic heterocycles. The quantitative estimate of drug-likeness (QED) is 0.635. The van der Waals surface area contributed by atoms with Gasteiger partial charge in [0.2, 0.25) is 0 Å². The smallest absolute Gasteiger partial charge is 0.104 e. The van der Waals surface area contributed by atoms with Gasteiger partial charge in [0.15, 0.2) is 0 Å². The van der Waals surface area contributed by atoms with Crippen molar-refractivity contribution in [3.8, 4) is 0 Å². The second kappa shape index (κ2) is 3.02. The highest BCUT2D eigenvalue weighted by Crippen LogP contribution is 2.41. The SMILES string of the molecule is CC.Cc1nc2c([nH]1)=CC1CC1C=2.[HH]. The van der Waals surface area contributed by atoms with Crippen LogP contribution in [0.25, 0.3) is 12.2 Å². The number of hydrogen-bond donors (Lipinski definition) is 1. The summed E-state index contributed by atoms with van der Waals surface area (Å²) in [6.07, 6.45) is 5.95. The predicted octanol–water partition coefficient (Wildman–Crippen LogP) is 1.20. The molecule has 0 saturated heterocycles. The minimum atomic E-state index is 0. The predicted molar refractivity (Wildman–Crippen MR) is 56.6 cm³/mol. The summed E-state index contributed by atoms with van der Waals surface area (Å²) >= 11 is 0. The molecular formula is C11H18N2. The van der Waals surface area contributed by atoms with Crippen molar-refractivity contribution in [2.24, 2.45) is 11.8 Å². The van der Waals surface area contributed by atoms with Crippen LogP contribution in [0.5, 0.6) is 0 Å². The summed E-state index contributed by atoms with van der Waals surface area (Å²) in [5, 5.41) is 2.41. The number of fused-ring (bicyclic) bond motifs is 2. The molecule has 13 heavy (non-hydrogen) atoms. The van der Waals surface area contributed by atoms with Gasteiger partial charge in [0, 0.05) is 1.43 Å². The average Bonchev–Trinajstić information content (AvgIpc) is 2.77. The summed E-state index contributed by atoms with van der Waals surface area (Å²) in [4.78, 5) is 7.64. The molecule has 0 amide bonds. The molecule has 0 bridgehead atoms. The first-order valence-electron chi connectivity index (χ1n) is 5.09. The maximum Gasteiger partial charge on any atom is 0.104 e. The molecule has 0 aromatic carbocycles. The Bertz CT molecular complexity index is 381. The highest BCUT2D eigenvalue weighted by molar-refractivity contribution is 5.46. The fraction of sp³-hybridized carbons (Fsp3) is 0.545. The highest BCUT2D eigenvalue weighted by Gasteiger charge is 2.35. The van der Waals surface area contributed by atoms with Crippen LogP contribution in [-0.2, 0) is 0 Å². The van der Waals surface area contributed by atoms with Gasteiger partial charge in [0.1, 0.15) is 5.82 Å². The molecule has 1 N–H and O–H groups in total. The number of nitrogens with one attached hydrogen (secondary N) is 1. The van der Waals surface area contributed by atoms with Crippen molar-refractivity contribution in [3.05, 3.63) is 16.5 Å². The Morgan fingerprint density at radius 2 is 2.08 bits per heavy atom. The minimum Gasteiger partial charge on any atom is -0.342 e. The second-order valence-corrected chi connectivity index (χ2v) is 3.52. The van der Waals surface area contributed by atoms with E-state index in [1.807, 2.05) is 20.8 Å². The van der Waals surface area contributed by atoms with Gasteiger partial charge in [-0.2, -0.15) is 0 Å². The van der Waals surface area contributed by atoms with Crippen LogP contribution in [0.1, 0.15) is 27.5 Å². The summed E-state index contributed by atoms with van der Waals surface area (Å²) in [6, 6.07) is 0. The van der Waals surface area contributed by atoms with E-state index < -0.39 is 0 Å². The average molecular weight is 178 g/mol. The molecule has 0 aliphatic heterocycles. The molecule has 2 aliphatic rings. The van der Waals surface area contributed by atoms with Crippen LogP contribution >= 0.6 is 0 Å². The number of rotatable bonds is 0. The van der Waals surface area contributed by atoms with Crippen LogP contribution in [0, 0.1) is 18.8 Å². The van der Waals surface area contributed by atoms with Gasteiger partial charge in [0.25, 0.3) is 0 Å². The number of aryl methyl sites for hydroxylation is 1. The van der Waals surface area contributed by atoms with Gasteiger partial charge in [-0.05, 0) is 25.2 Å². The monoisotopic (exact) mass is 178 g/mol. The topological polar surface area (TPSA) is 28.7 Å². The Morgan fingerprint density at radius 1 is 1.38 bits per heavy atom. The number of aromatic amines is 1. The number of imidazole rings is 1. The Balaban J connectivity index is 0.000000309. The lowest BCUT2D eigenvalue weighted by Gasteiger charge is -1.89. The van der Waals surface area contributed by atoms with Crippen LogP contribution in [0.2, 0.25) is 0 Å². The van der Waals surface area contributed by atoms with E-state index in [4.69, 9.17) is 0 Å². The molecule has 2 nitrogen and oxygen atoms in total. The van der Waals surface area contributed by atoms with Gasteiger partial charge in [-0.1, -0.05) is 26.0 Å². The Kier molecular flexibility index (Phi) is 1.98. The summed E-state index contributed by atoms with van der Waals surface area (Å²) in [5.74, 6) is 2.66. The molecule has 72 valence electrons. The highest BCUT2D eigenvalue weighted by atomic mass is 14.9. The number of hydrogen-bond acceptors (Lipinski definition) is 1. The molecule has 2 aliphatic carbocycles. The van der Waals surface area contributed by atoms with E-state index in [9.17, 15) is 0 Å². The fourth-order valence-corrected chi connectivity index (χ4v) is 1.82. The van der Waals surface area contributed by atoms with Crippen LogP contribution in [0.3, 0.4) is 0 Å². The first-order valence-corrected chi connectivity index (χ1v) is 5.09. The summed E-state index contributed by atoms with van der Waals surface area (Å²) in [7, 11) is 0. The zero-order valence-corrected chi connectivity index (χ0v) is 8.46. The number of nitrogens with zero attached hydrogens (tertiary/aromatic N) is 1. The third-order valence-electron chi connectivity index (χ3n) is 2.52. The normalized spacial score (nSPS) is 27.0. The number of H-pyrrole nitrogens is 1. The van der Waals surface area contributed by atoms with E-state index in [2.05, 4.69) is 22.1 Å². The van der Waals surface area contributed by atoms with Crippen LogP contribution in [0.4, 0.5) is 0 Å². The van der Waals surface area contributed by atoms with Crippen molar-refractivity contribution in [3.63, 3.8) is 0 Å². The largest absolute Gasteiger partial charge is 0.342 e. The van der Waals surface area contributed by atoms with Crippen LogP contribution in [0.15, 0.2) is 0 Å². The molecule has 1 saturated carbocycles. The lowest BCUT2D eigenvalue weighted by Crippen LogP contribution is -2.26. The van der Waals surface area contributed by atoms with E-state index in [0.29, 0.717) is 0 Å². The van der Waals surface area contributed by atoms with E-state index in [0.717, 1.165) is 17.7 Å². The first kappa shape index (κ1) is 8.54. The first-order chi connectivity index (χ1) is 6.33. The van der Waals surface area contributed by atoms with Crippen molar-refractivity contribution in [2.75, 3.05) is 0 Å². The number of aromatic nitrogens is 2. The van der Waals surface area contributed by atoms with Crippen molar-refractivity contribution >= 4 is 12.2 Å². The maximum absolute atomic E-state index is 4.39. The molecule has 0 spiro atoms. The Hall–Kier alpha value is -1.05. The zero-order valence-electron chi connectivity index (χ0n) is 8.46. The van der Waals surface area contributed by atoms with E-state index in [-0.39, 0.29) is 1.43 Å². The van der Waals surface area contributed by atoms with E-state index in [1.165, 1.54) is 17.1 Å². The third-order valence-corrected chi connectivity index (χ3v) is 2.52. The Morgan fingerprint density at radius 3 is 2.85 bits per heavy atom. The molecule has 2 heteroatoms. The maximum atomic E-state index is 4.39. The van der Waals surface area contributed by atoms with Crippen molar-refractivity contribution in [2.45, 2.75) is 27.2 Å². The van der Waals surface area contributed by atoms with Gasteiger partial charge in [-0.15, -0.1) is 0 Å². The van der Waals surface area contributed by atoms with Gasteiger partial charge in [-0.3, -0.25) is 0 Å². The second-order valence-electron chi connectivity index (χ2n) is 3.52. The van der Waals surface area contributed by atoms with Crippen LogP contribution in [-0.4, -0.2) is 9.97 Å². The molecule has 1 fully saturated rings. The summed E-state index contributed by atoms with van der Waals surface area (Å²) in [6.45, 7) is 6.01. The van der Waals surface area contributed by atoms with E-state index >= 15 is 0 Å².